The lowest BCUT2D eigenvalue weighted by molar-refractivity contribution is 0.0932. The van der Waals surface area contributed by atoms with E-state index in [1.165, 1.54) is 23.3 Å². The van der Waals surface area contributed by atoms with Crippen LogP contribution in [0.5, 0.6) is 0 Å². The van der Waals surface area contributed by atoms with Gasteiger partial charge in [0, 0.05) is 18.7 Å². The first-order chi connectivity index (χ1) is 14.0. The number of sulfonamides is 1. The van der Waals surface area contributed by atoms with Crippen molar-refractivity contribution in [2.24, 2.45) is 0 Å². The second-order valence-electron chi connectivity index (χ2n) is 7.63. The zero-order valence-electron chi connectivity index (χ0n) is 16.3. The van der Waals surface area contributed by atoms with Crippen LogP contribution in [0.25, 0.3) is 0 Å². The molecule has 0 unspecified atom stereocenters. The number of fused-ring (bicyclic) bond motifs is 1. The van der Waals surface area contributed by atoms with Crippen LogP contribution in [0.3, 0.4) is 0 Å². The van der Waals surface area contributed by atoms with E-state index >= 15 is 0 Å². The summed E-state index contributed by atoms with van der Waals surface area (Å²) < 4.78 is 33.0. The van der Waals surface area contributed by atoms with Gasteiger partial charge in [-0.2, -0.15) is 0 Å². The van der Waals surface area contributed by atoms with Crippen molar-refractivity contribution in [1.29, 1.82) is 0 Å². The SMILES string of the molecule is O=C(N[C@@H]1CCCc2ccccc21)c1ccc(S(=O)(=O)NC[C@H]2CCCO2)cc1. The summed E-state index contributed by atoms with van der Waals surface area (Å²) >= 11 is 0. The average Bonchev–Trinajstić information content (AvgIpc) is 3.26. The Hall–Kier alpha value is -2.22. The van der Waals surface area contributed by atoms with Gasteiger partial charge in [-0.1, -0.05) is 24.3 Å². The summed E-state index contributed by atoms with van der Waals surface area (Å²) in [6, 6.07) is 14.2. The molecule has 6 nitrogen and oxygen atoms in total. The number of ether oxygens (including phenoxy) is 1. The van der Waals surface area contributed by atoms with Gasteiger partial charge in [-0.15, -0.1) is 0 Å². The summed E-state index contributed by atoms with van der Waals surface area (Å²) in [6.45, 7) is 0.952. The molecule has 7 heteroatoms. The van der Waals surface area contributed by atoms with Crippen molar-refractivity contribution >= 4 is 15.9 Å². The number of aryl methyl sites for hydroxylation is 1. The topological polar surface area (TPSA) is 84.5 Å². The molecule has 2 aliphatic rings. The molecule has 0 saturated carbocycles. The highest BCUT2D eigenvalue weighted by Crippen LogP contribution is 2.29. The van der Waals surface area contributed by atoms with E-state index in [4.69, 9.17) is 4.74 Å². The fraction of sp³-hybridized carbons (Fsp3) is 0.409. The molecule has 2 N–H and O–H groups in total. The van der Waals surface area contributed by atoms with Crippen LogP contribution in [0, 0.1) is 0 Å². The fourth-order valence-electron chi connectivity index (χ4n) is 4.02. The lowest BCUT2D eigenvalue weighted by Crippen LogP contribution is -2.32. The molecule has 2 atom stereocenters. The van der Waals surface area contributed by atoms with Gasteiger partial charge in [0.05, 0.1) is 17.0 Å². The van der Waals surface area contributed by atoms with Gasteiger partial charge >= 0.3 is 0 Å². The third-order valence-electron chi connectivity index (χ3n) is 5.63. The molecule has 0 spiro atoms. The van der Waals surface area contributed by atoms with Crippen molar-refractivity contribution in [3.8, 4) is 0 Å². The van der Waals surface area contributed by atoms with E-state index in [9.17, 15) is 13.2 Å². The van der Waals surface area contributed by atoms with E-state index in [0.717, 1.165) is 32.1 Å². The quantitative estimate of drug-likeness (QED) is 0.761. The van der Waals surface area contributed by atoms with Crippen LogP contribution in [0.4, 0.5) is 0 Å². The highest BCUT2D eigenvalue weighted by molar-refractivity contribution is 7.89. The number of nitrogens with one attached hydrogen (secondary N) is 2. The summed E-state index contributed by atoms with van der Waals surface area (Å²) in [4.78, 5) is 12.8. The molecule has 4 rings (SSSR count). The number of amides is 1. The van der Waals surface area contributed by atoms with Gasteiger partial charge in [0.1, 0.15) is 0 Å². The first-order valence-electron chi connectivity index (χ1n) is 10.1. The van der Waals surface area contributed by atoms with Gasteiger partial charge in [-0.05, 0) is 67.5 Å². The largest absolute Gasteiger partial charge is 0.377 e. The molecule has 1 saturated heterocycles. The van der Waals surface area contributed by atoms with Gasteiger partial charge in [-0.3, -0.25) is 4.79 Å². The lowest BCUT2D eigenvalue weighted by Gasteiger charge is -2.26. The van der Waals surface area contributed by atoms with Gasteiger partial charge in [0.2, 0.25) is 10.0 Å². The van der Waals surface area contributed by atoms with Crippen molar-refractivity contribution in [2.75, 3.05) is 13.2 Å². The molecule has 1 fully saturated rings. The lowest BCUT2D eigenvalue weighted by atomic mass is 9.87. The molecule has 29 heavy (non-hydrogen) atoms. The molecule has 1 heterocycles. The van der Waals surface area contributed by atoms with Gasteiger partial charge in [-0.25, -0.2) is 13.1 Å². The second-order valence-corrected chi connectivity index (χ2v) is 9.40. The van der Waals surface area contributed by atoms with Crippen LogP contribution in [0.1, 0.15) is 53.2 Å². The summed E-state index contributed by atoms with van der Waals surface area (Å²) in [6.07, 6.45) is 4.74. The Morgan fingerprint density at radius 3 is 2.59 bits per heavy atom. The molecule has 1 aliphatic heterocycles. The molecule has 154 valence electrons. The third-order valence-corrected chi connectivity index (χ3v) is 7.07. The first-order valence-corrected chi connectivity index (χ1v) is 11.6. The van der Waals surface area contributed by atoms with Crippen LogP contribution in [-0.2, 0) is 21.2 Å². The van der Waals surface area contributed by atoms with E-state index in [1.807, 2.05) is 12.1 Å². The minimum atomic E-state index is -3.62. The molecule has 0 aromatic heterocycles. The second kappa shape index (κ2) is 8.65. The van der Waals surface area contributed by atoms with Gasteiger partial charge in [0.15, 0.2) is 0 Å². The summed E-state index contributed by atoms with van der Waals surface area (Å²) in [5, 5.41) is 3.09. The van der Waals surface area contributed by atoms with Gasteiger partial charge < -0.3 is 10.1 Å². The monoisotopic (exact) mass is 414 g/mol. The minimum Gasteiger partial charge on any atom is -0.377 e. The normalized spacial score (nSPS) is 21.5. The molecule has 0 bridgehead atoms. The number of carbonyl (C=O) groups is 1. The van der Waals surface area contributed by atoms with Crippen LogP contribution >= 0.6 is 0 Å². The van der Waals surface area contributed by atoms with Gasteiger partial charge in [0.25, 0.3) is 5.91 Å². The van der Waals surface area contributed by atoms with E-state index in [1.54, 1.807) is 12.1 Å². The highest BCUT2D eigenvalue weighted by Gasteiger charge is 2.23. The van der Waals surface area contributed by atoms with Crippen LogP contribution in [0.15, 0.2) is 53.4 Å². The molecule has 2 aromatic rings. The Balaban J connectivity index is 1.40. The van der Waals surface area contributed by atoms with E-state index in [2.05, 4.69) is 22.2 Å². The molecule has 0 radical (unpaired) electrons. The molecular formula is C22H26N2O4S. The highest BCUT2D eigenvalue weighted by atomic mass is 32.2. The van der Waals surface area contributed by atoms with E-state index < -0.39 is 10.0 Å². The third kappa shape index (κ3) is 4.69. The van der Waals surface area contributed by atoms with Crippen molar-refractivity contribution in [2.45, 2.75) is 49.1 Å². The van der Waals surface area contributed by atoms with Crippen LogP contribution in [-0.4, -0.2) is 33.6 Å². The zero-order valence-corrected chi connectivity index (χ0v) is 17.1. The molecule has 2 aromatic carbocycles. The Kier molecular flexibility index (Phi) is 5.99. The molecular weight excluding hydrogens is 388 g/mol. The molecule has 1 amide bonds. The van der Waals surface area contributed by atoms with Crippen molar-refractivity contribution < 1.29 is 17.9 Å². The number of carbonyl (C=O) groups excluding carboxylic acids is 1. The number of hydrogen-bond donors (Lipinski definition) is 2. The maximum absolute atomic E-state index is 12.7. The first kappa shape index (κ1) is 20.1. The van der Waals surface area contributed by atoms with Crippen molar-refractivity contribution in [3.05, 3.63) is 65.2 Å². The van der Waals surface area contributed by atoms with Crippen molar-refractivity contribution in [1.82, 2.24) is 10.0 Å². The Bertz CT molecular complexity index is 967. The number of hydrogen-bond acceptors (Lipinski definition) is 4. The predicted octanol–water partition coefficient (Wildman–Crippen LogP) is 2.95. The summed E-state index contributed by atoms with van der Waals surface area (Å²) in [5.41, 5.74) is 2.90. The predicted molar refractivity (Wildman–Crippen MR) is 110 cm³/mol. The Morgan fingerprint density at radius 1 is 1.03 bits per heavy atom. The number of benzene rings is 2. The number of rotatable bonds is 6. The van der Waals surface area contributed by atoms with E-state index in [0.29, 0.717) is 12.2 Å². The van der Waals surface area contributed by atoms with Crippen molar-refractivity contribution in [3.63, 3.8) is 0 Å². The Labute approximate surface area is 171 Å². The smallest absolute Gasteiger partial charge is 0.251 e. The van der Waals surface area contributed by atoms with E-state index in [-0.39, 0.29) is 29.5 Å². The van der Waals surface area contributed by atoms with Crippen LogP contribution in [0.2, 0.25) is 0 Å². The maximum Gasteiger partial charge on any atom is 0.251 e. The van der Waals surface area contributed by atoms with Crippen LogP contribution < -0.4 is 10.0 Å². The maximum atomic E-state index is 12.7. The average molecular weight is 415 g/mol. The summed E-state index contributed by atoms with van der Waals surface area (Å²) in [5.74, 6) is -0.192. The fourth-order valence-corrected chi connectivity index (χ4v) is 5.09. The summed E-state index contributed by atoms with van der Waals surface area (Å²) in [7, 11) is -3.62. The Morgan fingerprint density at radius 2 is 1.83 bits per heavy atom. The minimum absolute atomic E-state index is 0.0102. The molecule has 1 aliphatic carbocycles. The standard InChI is InChI=1S/C22H26N2O4S/c25-22(24-21-9-3-6-16-5-1-2-8-20(16)21)17-10-12-19(13-11-17)29(26,27)23-15-18-7-4-14-28-18/h1-2,5,8,10-13,18,21,23H,3-4,6-7,9,14-15H2,(H,24,25)/t18-,21-/m1/s1. The zero-order chi connectivity index (χ0) is 20.3.